The molecule has 0 amide bonds. The average Bonchev–Trinajstić information content (AvgIpc) is 3.14. The Morgan fingerprint density at radius 2 is 1.53 bits per heavy atom. The van der Waals surface area contributed by atoms with Gasteiger partial charge in [0.25, 0.3) is 0 Å². The Bertz CT molecular complexity index is 1120. The van der Waals surface area contributed by atoms with Gasteiger partial charge in [0.05, 0.1) is 30.0 Å². The second-order valence-electron chi connectivity index (χ2n) is 7.02. The molecule has 2 aromatic carbocycles. The van der Waals surface area contributed by atoms with Crippen molar-refractivity contribution in [3.63, 3.8) is 0 Å². The normalized spacial score (nSPS) is 13.1. The monoisotopic (exact) mass is 400 g/mol. The predicted molar refractivity (Wildman–Crippen MR) is 111 cm³/mol. The lowest BCUT2D eigenvalue weighted by Gasteiger charge is -2.24. The molecule has 3 aromatic rings. The van der Waals surface area contributed by atoms with Crippen molar-refractivity contribution >= 4 is 17.5 Å². The first-order chi connectivity index (χ1) is 14.5. The first kappa shape index (κ1) is 19.4. The van der Waals surface area contributed by atoms with Gasteiger partial charge in [0.15, 0.2) is 5.78 Å². The van der Waals surface area contributed by atoms with Crippen LogP contribution in [-0.4, -0.2) is 29.2 Å². The summed E-state index contributed by atoms with van der Waals surface area (Å²) in [5.74, 6) is -1.41. The van der Waals surface area contributed by atoms with E-state index in [-0.39, 0.29) is 34.3 Å². The molecule has 1 aliphatic rings. The highest BCUT2D eigenvalue weighted by molar-refractivity contribution is 6.26. The van der Waals surface area contributed by atoms with E-state index in [1.54, 1.807) is 7.05 Å². The maximum atomic E-state index is 13.2. The van der Waals surface area contributed by atoms with Gasteiger partial charge < -0.3 is 14.6 Å². The topological polar surface area (TPSA) is 77.4 Å². The largest absolute Gasteiger partial charge is 0.465 e. The summed E-state index contributed by atoms with van der Waals surface area (Å²) in [6.07, 6.45) is 2.71. The quantitative estimate of drug-likeness (QED) is 0.664. The number of esters is 1. The van der Waals surface area contributed by atoms with Gasteiger partial charge in [-0.05, 0) is 11.1 Å². The van der Waals surface area contributed by atoms with Crippen molar-refractivity contribution in [2.45, 2.75) is 6.04 Å². The third kappa shape index (κ3) is 3.33. The third-order valence-corrected chi connectivity index (χ3v) is 5.13. The van der Waals surface area contributed by atoms with Gasteiger partial charge in [-0.1, -0.05) is 60.7 Å². The van der Waals surface area contributed by atoms with Crippen LogP contribution in [-0.2, 0) is 11.8 Å². The smallest absolute Gasteiger partial charge is 0.340 e. The number of hydrogen-bond donors (Lipinski definition) is 1. The van der Waals surface area contributed by atoms with Crippen molar-refractivity contribution in [1.29, 1.82) is 0 Å². The molecule has 1 N–H and O–H groups in total. The van der Waals surface area contributed by atoms with Crippen molar-refractivity contribution in [3.8, 4) is 0 Å². The predicted octanol–water partition coefficient (Wildman–Crippen LogP) is 3.45. The highest BCUT2D eigenvalue weighted by atomic mass is 16.5. The molecule has 0 fully saturated rings. The Morgan fingerprint density at radius 1 is 0.967 bits per heavy atom. The Kier molecular flexibility index (Phi) is 5.06. The van der Waals surface area contributed by atoms with Crippen LogP contribution in [0.25, 0.3) is 0 Å². The number of rotatable bonds is 5. The molecule has 0 bridgehead atoms. The number of benzene rings is 2. The number of hydrogen-bond acceptors (Lipinski definition) is 5. The minimum absolute atomic E-state index is 0.0795. The van der Waals surface area contributed by atoms with E-state index in [2.05, 4.69) is 5.32 Å². The van der Waals surface area contributed by atoms with E-state index in [9.17, 15) is 14.4 Å². The summed E-state index contributed by atoms with van der Waals surface area (Å²) in [5.41, 5.74) is 2.44. The molecule has 0 spiro atoms. The van der Waals surface area contributed by atoms with Crippen LogP contribution >= 0.6 is 0 Å². The number of aromatic nitrogens is 1. The van der Waals surface area contributed by atoms with E-state index in [4.69, 9.17) is 4.74 Å². The van der Waals surface area contributed by atoms with Crippen LogP contribution in [0, 0.1) is 0 Å². The SMILES string of the molecule is COC(=O)c1cn(C)c2c1C(=O)C=C(NC(c1ccccc1)c1ccccc1)C2=O. The number of carbonyl (C=O) groups excluding carboxylic acids is 3. The summed E-state index contributed by atoms with van der Waals surface area (Å²) in [6, 6.07) is 19.1. The lowest BCUT2D eigenvalue weighted by atomic mass is 9.93. The van der Waals surface area contributed by atoms with Crippen LogP contribution in [0.3, 0.4) is 0 Å². The van der Waals surface area contributed by atoms with Crippen LogP contribution in [0.1, 0.15) is 48.4 Å². The average molecular weight is 400 g/mol. The van der Waals surface area contributed by atoms with E-state index < -0.39 is 11.8 Å². The molecule has 1 aliphatic carbocycles. The number of Topliss-reactive ketones (excluding diaryl/α,β-unsaturated/α-hetero) is 1. The maximum absolute atomic E-state index is 13.2. The van der Waals surface area contributed by atoms with Crippen molar-refractivity contribution < 1.29 is 19.1 Å². The van der Waals surface area contributed by atoms with Crippen LogP contribution in [0.2, 0.25) is 0 Å². The first-order valence-corrected chi connectivity index (χ1v) is 9.46. The highest BCUT2D eigenvalue weighted by Gasteiger charge is 2.34. The molecule has 30 heavy (non-hydrogen) atoms. The number of ketones is 2. The number of nitrogens with zero attached hydrogens (tertiary/aromatic N) is 1. The Balaban J connectivity index is 1.75. The molecular formula is C24H20N2O4. The third-order valence-electron chi connectivity index (χ3n) is 5.13. The van der Waals surface area contributed by atoms with Gasteiger partial charge in [0.2, 0.25) is 5.78 Å². The van der Waals surface area contributed by atoms with Gasteiger partial charge in [0.1, 0.15) is 5.69 Å². The van der Waals surface area contributed by atoms with E-state index in [1.807, 2.05) is 60.7 Å². The van der Waals surface area contributed by atoms with Crippen LogP contribution in [0.5, 0.6) is 0 Å². The molecule has 1 aromatic heterocycles. The molecule has 150 valence electrons. The van der Waals surface area contributed by atoms with Crippen molar-refractivity contribution in [1.82, 2.24) is 9.88 Å². The summed E-state index contributed by atoms with van der Waals surface area (Å²) in [5, 5.41) is 3.25. The molecule has 0 saturated heterocycles. The van der Waals surface area contributed by atoms with E-state index in [1.165, 1.54) is 23.9 Å². The summed E-state index contributed by atoms with van der Waals surface area (Å²) >= 11 is 0. The van der Waals surface area contributed by atoms with Crippen molar-refractivity contribution in [2.75, 3.05) is 7.11 Å². The van der Waals surface area contributed by atoms with E-state index >= 15 is 0 Å². The molecule has 0 unspecified atom stereocenters. The number of nitrogens with one attached hydrogen (secondary N) is 1. The number of carbonyl (C=O) groups is 3. The molecule has 0 aliphatic heterocycles. The minimum Gasteiger partial charge on any atom is -0.465 e. The minimum atomic E-state index is -0.649. The fourth-order valence-electron chi connectivity index (χ4n) is 3.72. The summed E-state index contributed by atoms with van der Waals surface area (Å²) in [6.45, 7) is 0. The Labute approximate surface area is 173 Å². The van der Waals surface area contributed by atoms with Crippen LogP contribution in [0.15, 0.2) is 78.6 Å². The van der Waals surface area contributed by atoms with Gasteiger partial charge >= 0.3 is 5.97 Å². The standard InChI is InChI=1S/C24H20N2O4/c1-26-14-17(24(29)30-2)20-19(27)13-18(23(28)22(20)26)25-21(15-9-5-3-6-10-15)16-11-7-4-8-12-16/h3-14,21,25H,1-2H3. The van der Waals surface area contributed by atoms with Gasteiger partial charge in [-0.25, -0.2) is 4.79 Å². The fraction of sp³-hybridized carbons (Fsp3) is 0.125. The zero-order valence-electron chi connectivity index (χ0n) is 16.6. The second kappa shape index (κ2) is 7.83. The molecule has 0 atom stereocenters. The van der Waals surface area contributed by atoms with E-state index in [0.717, 1.165) is 11.1 Å². The number of methoxy groups -OCH3 is 1. The van der Waals surface area contributed by atoms with Gasteiger partial charge in [-0.15, -0.1) is 0 Å². The molecule has 0 radical (unpaired) electrons. The lowest BCUT2D eigenvalue weighted by Crippen LogP contribution is -2.31. The molecule has 4 rings (SSSR count). The van der Waals surface area contributed by atoms with Crippen LogP contribution < -0.4 is 5.32 Å². The Morgan fingerprint density at radius 3 is 2.07 bits per heavy atom. The first-order valence-electron chi connectivity index (χ1n) is 9.46. The van der Waals surface area contributed by atoms with Crippen LogP contribution in [0.4, 0.5) is 0 Å². The highest BCUT2D eigenvalue weighted by Crippen LogP contribution is 2.29. The number of ether oxygens (including phenoxy) is 1. The molecule has 0 saturated carbocycles. The van der Waals surface area contributed by atoms with Gasteiger partial charge in [0, 0.05) is 19.3 Å². The van der Waals surface area contributed by atoms with Gasteiger partial charge in [-0.3, -0.25) is 9.59 Å². The van der Waals surface area contributed by atoms with E-state index in [0.29, 0.717) is 0 Å². The van der Waals surface area contributed by atoms with Crippen molar-refractivity contribution in [2.24, 2.45) is 7.05 Å². The molecule has 6 heteroatoms. The maximum Gasteiger partial charge on any atom is 0.340 e. The Hall–Kier alpha value is -3.93. The number of fused-ring (bicyclic) bond motifs is 1. The number of allylic oxidation sites excluding steroid dienone is 2. The summed E-state index contributed by atoms with van der Waals surface area (Å²) in [4.78, 5) is 38.2. The molecule has 1 heterocycles. The zero-order valence-corrected chi connectivity index (χ0v) is 16.6. The summed E-state index contributed by atoms with van der Waals surface area (Å²) < 4.78 is 6.25. The fourth-order valence-corrected chi connectivity index (χ4v) is 3.72. The summed E-state index contributed by atoms with van der Waals surface area (Å²) in [7, 11) is 2.87. The van der Waals surface area contributed by atoms with Gasteiger partial charge in [-0.2, -0.15) is 0 Å². The molecule has 6 nitrogen and oxygen atoms in total. The van der Waals surface area contributed by atoms with Crippen molar-refractivity contribution in [3.05, 3.63) is 107 Å². The second-order valence-corrected chi connectivity index (χ2v) is 7.02. The zero-order chi connectivity index (χ0) is 21.3. The number of aryl methyl sites for hydroxylation is 1. The lowest BCUT2D eigenvalue weighted by molar-refractivity contribution is 0.0597. The molecular weight excluding hydrogens is 380 g/mol.